The summed E-state index contributed by atoms with van der Waals surface area (Å²) in [4.78, 5) is 35.6. The van der Waals surface area contributed by atoms with Gasteiger partial charge in [0.15, 0.2) is 29.2 Å². The van der Waals surface area contributed by atoms with Crippen LogP contribution in [0.25, 0.3) is 22.3 Å². The van der Waals surface area contributed by atoms with Crippen molar-refractivity contribution >= 4 is 83.1 Å². The maximum absolute atomic E-state index is 13.5. The maximum Gasteiger partial charge on any atom is 0.386 e. The summed E-state index contributed by atoms with van der Waals surface area (Å²) < 4.78 is 51.5. The molecular formula is C20H23ClN10O9P2S2. The van der Waals surface area contributed by atoms with E-state index in [1.807, 2.05) is 0 Å². The van der Waals surface area contributed by atoms with E-state index in [-0.39, 0.29) is 40.2 Å². The summed E-state index contributed by atoms with van der Waals surface area (Å²) in [6, 6.07) is 0. The summed E-state index contributed by atoms with van der Waals surface area (Å²) in [5, 5.41) is 11.1. The van der Waals surface area contributed by atoms with Gasteiger partial charge in [-0.15, -0.1) is 0 Å². The van der Waals surface area contributed by atoms with E-state index in [9.17, 15) is 14.6 Å². The molecule has 3 aliphatic heterocycles. The summed E-state index contributed by atoms with van der Waals surface area (Å²) in [6.45, 7) is -9.01. The Morgan fingerprint density at radius 1 is 0.955 bits per heavy atom. The fraction of sp³-hybridized carbons (Fsp3) is 0.500. The van der Waals surface area contributed by atoms with E-state index in [4.69, 9.17) is 62.4 Å². The summed E-state index contributed by atoms with van der Waals surface area (Å²) in [5.41, 5.74) is 12.9. The highest BCUT2D eigenvalue weighted by Gasteiger charge is 2.51. The first-order chi connectivity index (χ1) is 20.9. The second-order valence-electron chi connectivity index (χ2n) is 9.95. The van der Waals surface area contributed by atoms with Gasteiger partial charge < -0.3 is 40.0 Å². The fourth-order valence-electron chi connectivity index (χ4n) is 5.22. The molecule has 0 saturated carbocycles. The van der Waals surface area contributed by atoms with Crippen LogP contribution in [0.4, 0.5) is 11.6 Å². The van der Waals surface area contributed by atoms with Gasteiger partial charge in [-0.1, -0.05) is 12.2 Å². The van der Waals surface area contributed by atoms with Crippen molar-refractivity contribution in [2.24, 2.45) is 0 Å². The van der Waals surface area contributed by atoms with E-state index >= 15 is 0 Å². The topological polar surface area (TPSA) is 252 Å². The zero-order chi connectivity index (χ0) is 31.0. The average Bonchev–Trinajstić information content (AvgIpc) is 3.72. The summed E-state index contributed by atoms with van der Waals surface area (Å²) >= 11 is 15.4. The molecule has 4 aromatic heterocycles. The first kappa shape index (κ1) is 30.5. The average molecular weight is 709 g/mol. The van der Waals surface area contributed by atoms with E-state index in [0.717, 1.165) is 0 Å². The molecule has 24 heteroatoms. The molecule has 6 N–H and O–H groups in total. The molecule has 3 aliphatic rings. The van der Waals surface area contributed by atoms with Crippen molar-refractivity contribution < 1.29 is 42.1 Å². The number of fused-ring (bicyclic) bond motifs is 5. The van der Waals surface area contributed by atoms with Crippen LogP contribution in [0.3, 0.4) is 0 Å². The molecule has 0 aliphatic carbocycles. The lowest BCUT2D eigenvalue weighted by Crippen LogP contribution is -2.35. The normalized spacial score (nSPS) is 36.6. The Morgan fingerprint density at radius 2 is 1.68 bits per heavy atom. The minimum Gasteiger partial charge on any atom is -0.387 e. The smallest absolute Gasteiger partial charge is 0.386 e. The highest BCUT2D eigenvalue weighted by Crippen LogP contribution is 2.58. The van der Waals surface area contributed by atoms with Crippen molar-refractivity contribution in [1.82, 2.24) is 39.0 Å². The molecule has 3 fully saturated rings. The summed E-state index contributed by atoms with van der Waals surface area (Å²) in [6.07, 6.45) is -3.62. The van der Waals surface area contributed by atoms with Gasteiger partial charge in [0.1, 0.15) is 48.0 Å². The molecule has 236 valence electrons. The molecule has 4 aromatic rings. The zero-order valence-corrected chi connectivity index (χ0v) is 26.3. The van der Waals surface area contributed by atoms with Gasteiger partial charge in [-0.05, 0) is 23.4 Å². The van der Waals surface area contributed by atoms with Gasteiger partial charge in [0.05, 0.1) is 32.0 Å². The molecule has 3 saturated heterocycles. The summed E-state index contributed by atoms with van der Waals surface area (Å²) in [5.74, 6) is 0.184. The number of hydrogen-bond donors (Lipinski definition) is 5. The number of aromatic nitrogens is 8. The van der Waals surface area contributed by atoms with Gasteiger partial charge in [-0.3, -0.25) is 18.2 Å². The number of aliphatic hydroxyl groups excluding tert-OH is 1. The molecule has 7 rings (SSSR count). The van der Waals surface area contributed by atoms with Crippen molar-refractivity contribution in [3.63, 3.8) is 0 Å². The molecule has 9 atom stereocenters. The molecule has 0 radical (unpaired) electrons. The first-order valence-electron chi connectivity index (χ1n) is 12.8. The first-order valence-corrected chi connectivity index (χ1v) is 18.4. The molecule has 7 heterocycles. The van der Waals surface area contributed by atoms with Crippen LogP contribution in [0.1, 0.15) is 18.9 Å². The lowest BCUT2D eigenvalue weighted by Gasteiger charge is -2.26. The number of halogens is 1. The highest BCUT2D eigenvalue weighted by atomic mass is 35.5. The van der Waals surface area contributed by atoms with Crippen molar-refractivity contribution in [1.29, 1.82) is 0 Å². The Morgan fingerprint density at radius 3 is 2.48 bits per heavy atom. The number of nitrogen functional groups attached to an aromatic ring is 2. The second-order valence-corrected chi connectivity index (χ2v) is 16.0. The molecule has 0 aromatic carbocycles. The lowest BCUT2D eigenvalue weighted by atomic mass is 10.1. The predicted octanol–water partition coefficient (Wildman–Crippen LogP) is 1.10. The van der Waals surface area contributed by atoms with Crippen molar-refractivity contribution in [2.75, 3.05) is 24.7 Å². The van der Waals surface area contributed by atoms with Crippen LogP contribution in [0.5, 0.6) is 0 Å². The van der Waals surface area contributed by atoms with E-state index in [1.165, 1.54) is 23.5 Å². The van der Waals surface area contributed by atoms with Crippen LogP contribution in [-0.4, -0.2) is 92.8 Å². The number of nitrogens with two attached hydrogens (primary N) is 2. The Labute approximate surface area is 262 Å². The van der Waals surface area contributed by atoms with E-state index in [2.05, 4.69) is 42.2 Å². The number of imidazole rings is 2. The Bertz CT molecular complexity index is 1850. The number of aliphatic hydroxyl groups is 1. The highest BCUT2D eigenvalue weighted by molar-refractivity contribution is 8.44. The van der Waals surface area contributed by atoms with E-state index in [1.54, 1.807) is 4.57 Å². The third-order valence-electron chi connectivity index (χ3n) is 7.21. The largest absolute Gasteiger partial charge is 0.387 e. The number of nitrogens with zero attached hydrogens (tertiary/aromatic N) is 8. The number of rotatable bonds is 2. The van der Waals surface area contributed by atoms with Crippen LogP contribution in [0, 0.1) is 0 Å². The van der Waals surface area contributed by atoms with Crippen LogP contribution >= 0.6 is 37.4 Å². The van der Waals surface area contributed by atoms with E-state index < -0.39 is 69.7 Å². The van der Waals surface area contributed by atoms with Gasteiger partial charge in [0, 0.05) is 6.42 Å². The molecule has 44 heavy (non-hydrogen) atoms. The van der Waals surface area contributed by atoms with Crippen LogP contribution < -0.4 is 11.5 Å². The predicted molar refractivity (Wildman–Crippen MR) is 158 cm³/mol. The zero-order valence-electron chi connectivity index (χ0n) is 22.0. The minimum absolute atomic E-state index is 0.0725. The Balaban J connectivity index is 1.18. The monoisotopic (exact) mass is 708 g/mol. The molecule has 0 spiro atoms. The van der Waals surface area contributed by atoms with Crippen LogP contribution in [0.15, 0.2) is 19.0 Å². The Hall–Kier alpha value is -2.10. The number of thiol groups is 1. The number of hydrogen-bond acceptors (Lipinski definition) is 17. The van der Waals surface area contributed by atoms with E-state index in [0.29, 0.717) is 5.52 Å². The number of anilines is 2. The standard InChI is InChI=1S/C20H23ClN10O9P2S2/c21-20-28-16(23)12-18(29-20)30(5-26-12)10-1-7-8(37-10)2-35-42(34,44)40-14-13(32)9(3-36-41(33,43)39-7)38-19(14)31-6-27-11-15(22)24-4-25-17(11)31/h4-10,13-14,19,32H,1-3H2,(H,33,43)(H,34,44)(H2,22,24,25)(H2,23,28,29)/t7-,8-,9-,10-,13?,14+,19-,41?,42?/m1/s1. The quantitative estimate of drug-likeness (QED) is 0.111. The fourth-order valence-corrected chi connectivity index (χ4v) is 8.33. The van der Waals surface area contributed by atoms with Crippen LogP contribution in [-0.2, 0) is 43.9 Å². The number of ether oxygens (including phenoxy) is 2. The third-order valence-corrected chi connectivity index (χ3v) is 10.6. The van der Waals surface area contributed by atoms with Crippen molar-refractivity contribution in [2.45, 2.75) is 49.4 Å². The second kappa shape index (κ2) is 11.3. The van der Waals surface area contributed by atoms with Gasteiger partial charge >= 0.3 is 13.5 Å². The van der Waals surface area contributed by atoms with Crippen LogP contribution in [0.2, 0.25) is 5.28 Å². The molecular weight excluding hydrogens is 686 g/mol. The SMILES string of the molecule is Nc1ncnc2c1ncn2[C@@H]1O[C@@H]2COP(O)(=S)O[C@@H]3C[C@H](n4cnc5c(N)nc(Cl)nc54)O[C@@H]3COP(=O)(S)O[C@H]1C2O. The molecule has 2 bridgehead atoms. The minimum atomic E-state index is -4.22. The van der Waals surface area contributed by atoms with Gasteiger partial charge in [-0.25, -0.2) is 24.5 Å². The van der Waals surface area contributed by atoms with Crippen molar-refractivity contribution in [3.05, 3.63) is 24.3 Å². The third kappa shape index (κ3) is 5.59. The van der Waals surface area contributed by atoms with Crippen molar-refractivity contribution in [3.8, 4) is 0 Å². The molecule has 0 amide bonds. The van der Waals surface area contributed by atoms with Gasteiger partial charge in [0.2, 0.25) is 5.28 Å². The Kier molecular flexibility index (Phi) is 7.85. The van der Waals surface area contributed by atoms with Gasteiger partial charge in [0.25, 0.3) is 0 Å². The summed E-state index contributed by atoms with van der Waals surface area (Å²) in [7, 11) is 0. The lowest BCUT2D eigenvalue weighted by molar-refractivity contribution is -0.0583. The molecule has 19 nitrogen and oxygen atoms in total. The maximum atomic E-state index is 13.5. The molecule has 3 unspecified atom stereocenters. The van der Waals surface area contributed by atoms with Gasteiger partial charge in [-0.2, -0.15) is 9.97 Å².